The fraction of sp³-hybridized carbons (Fsp3) is 0.600. The van der Waals surface area contributed by atoms with Crippen LogP contribution >= 0.6 is 0 Å². The second-order valence-corrected chi connectivity index (χ2v) is 5.08. The Hall–Kier alpha value is -0.930. The number of benzene rings is 1. The fourth-order valence-electron chi connectivity index (χ4n) is 2.60. The first-order chi connectivity index (χ1) is 8.70. The molecule has 1 saturated heterocycles. The third kappa shape index (κ3) is 3.30. The summed E-state index contributed by atoms with van der Waals surface area (Å²) in [4.78, 5) is 0. The van der Waals surface area contributed by atoms with Gasteiger partial charge in [-0.1, -0.05) is 6.07 Å². The van der Waals surface area contributed by atoms with Gasteiger partial charge in [-0.25, -0.2) is 4.39 Å². The highest BCUT2D eigenvalue weighted by Crippen LogP contribution is 2.20. The summed E-state index contributed by atoms with van der Waals surface area (Å²) in [5.74, 6) is -0.157. The number of hydrogen-bond donors (Lipinski definition) is 1. The molecule has 0 saturated carbocycles. The van der Waals surface area contributed by atoms with Crippen molar-refractivity contribution in [2.75, 3.05) is 13.7 Å². The largest absolute Gasteiger partial charge is 0.377 e. The zero-order chi connectivity index (χ0) is 13.0. The minimum Gasteiger partial charge on any atom is -0.377 e. The number of ether oxygens (including phenoxy) is 1. The van der Waals surface area contributed by atoms with Crippen LogP contribution in [-0.4, -0.2) is 25.8 Å². The lowest BCUT2D eigenvalue weighted by Gasteiger charge is -2.30. The summed E-state index contributed by atoms with van der Waals surface area (Å²) in [6, 6.07) is 5.28. The second-order valence-electron chi connectivity index (χ2n) is 5.08. The van der Waals surface area contributed by atoms with Crippen LogP contribution in [0.25, 0.3) is 0 Å². The minimum absolute atomic E-state index is 0.157. The third-order valence-corrected chi connectivity index (χ3v) is 3.79. The summed E-state index contributed by atoms with van der Waals surface area (Å²) in [6.45, 7) is 2.88. The molecule has 0 amide bonds. The maximum atomic E-state index is 13.3. The van der Waals surface area contributed by atoms with Crippen LogP contribution in [-0.2, 0) is 11.2 Å². The molecular formula is C15H22FNO. The molecule has 0 aromatic heterocycles. The smallest absolute Gasteiger partial charge is 0.123 e. The van der Waals surface area contributed by atoms with Crippen LogP contribution in [0.15, 0.2) is 18.2 Å². The van der Waals surface area contributed by atoms with Crippen molar-refractivity contribution in [3.63, 3.8) is 0 Å². The van der Waals surface area contributed by atoms with E-state index < -0.39 is 0 Å². The Kier molecular flexibility index (Phi) is 4.72. The summed E-state index contributed by atoms with van der Waals surface area (Å²) in [5, 5.41) is 3.32. The normalized spacial score (nSPS) is 21.8. The summed E-state index contributed by atoms with van der Waals surface area (Å²) in [7, 11) is 1.96. The first-order valence-corrected chi connectivity index (χ1v) is 6.74. The van der Waals surface area contributed by atoms with E-state index in [1.807, 2.05) is 20.0 Å². The highest BCUT2D eigenvalue weighted by molar-refractivity contribution is 5.27. The standard InChI is InChI=1S/C15H22FNO/c1-11-6-7-13(16)9-12(11)10-14(17-2)15-5-3-4-8-18-15/h6-7,9,14-15,17H,3-5,8,10H2,1-2H3. The van der Waals surface area contributed by atoms with Crippen LogP contribution in [0.5, 0.6) is 0 Å². The molecule has 2 atom stereocenters. The van der Waals surface area contributed by atoms with Gasteiger partial charge in [0.2, 0.25) is 0 Å². The molecule has 0 radical (unpaired) electrons. The highest BCUT2D eigenvalue weighted by atomic mass is 19.1. The Bertz CT molecular complexity index is 388. The molecule has 1 fully saturated rings. The van der Waals surface area contributed by atoms with Crippen LogP contribution in [0.2, 0.25) is 0 Å². The van der Waals surface area contributed by atoms with E-state index in [0.717, 1.165) is 37.0 Å². The topological polar surface area (TPSA) is 21.3 Å². The van der Waals surface area contributed by atoms with Crippen LogP contribution in [0.3, 0.4) is 0 Å². The maximum Gasteiger partial charge on any atom is 0.123 e. The number of halogens is 1. The van der Waals surface area contributed by atoms with Crippen molar-refractivity contribution in [2.24, 2.45) is 0 Å². The first kappa shape index (κ1) is 13.5. The summed E-state index contributed by atoms with van der Waals surface area (Å²) < 4.78 is 19.1. The number of nitrogens with one attached hydrogen (secondary N) is 1. The molecule has 0 bridgehead atoms. The average molecular weight is 251 g/mol. The number of likely N-dealkylation sites (N-methyl/N-ethyl adjacent to an activating group) is 1. The first-order valence-electron chi connectivity index (χ1n) is 6.74. The zero-order valence-corrected chi connectivity index (χ0v) is 11.2. The zero-order valence-electron chi connectivity index (χ0n) is 11.2. The molecule has 3 heteroatoms. The van der Waals surface area contributed by atoms with Crippen LogP contribution < -0.4 is 5.32 Å². The fourth-order valence-corrected chi connectivity index (χ4v) is 2.60. The van der Waals surface area contributed by atoms with Gasteiger partial charge in [0.05, 0.1) is 6.10 Å². The Balaban J connectivity index is 2.06. The van der Waals surface area contributed by atoms with Gasteiger partial charge in [0, 0.05) is 12.6 Å². The van der Waals surface area contributed by atoms with E-state index in [1.54, 1.807) is 6.07 Å². The van der Waals surface area contributed by atoms with Crippen molar-refractivity contribution >= 4 is 0 Å². The monoisotopic (exact) mass is 251 g/mol. The highest BCUT2D eigenvalue weighted by Gasteiger charge is 2.23. The van der Waals surface area contributed by atoms with Gasteiger partial charge >= 0.3 is 0 Å². The lowest BCUT2D eigenvalue weighted by atomic mass is 9.94. The number of hydrogen-bond acceptors (Lipinski definition) is 2. The van der Waals surface area contributed by atoms with Gasteiger partial charge in [0.15, 0.2) is 0 Å². The average Bonchev–Trinajstić information content (AvgIpc) is 2.41. The molecule has 0 spiro atoms. The van der Waals surface area contributed by atoms with E-state index in [-0.39, 0.29) is 18.0 Å². The quantitative estimate of drug-likeness (QED) is 0.888. The van der Waals surface area contributed by atoms with E-state index in [1.165, 1.54) is 12.5 Å². The lowest BCUT2D eigenvalue weighted by molar-refractivity contribution is -0.00590. The molecule has 1 aromatic carbocycles. The van der Waals surface area contributed by atoms with Gasteiger partial charge in [-0.05, 0) is 62.9 Å². The SMILES string of the molecule is CNC(Cc1cc(F)ccc1C)C1CCCCO1. The van der Waals surface area contributed by atoms with Crippen molar-refractivity contribution in [1.82, 2.24) is 5.32 Å². The summed E-state index contributed by atoms with van der Waals surface area (Å²) >= 11 is 0. The summed E-state index contributed by atoms with van der Waals surface area (Å²) in [6.07, 6.45) is 4.56. The van der Waals surface area contributed by atoms with Gasteiger partial charge in [-0.3, -0.25) is 0 Å². The lowest BCUT2D eigenvalue weighted by Crippen LogP contribution is -2.42. The van der Waals surface area contributed by atoms with Gasteiger partial charge in [-0.15, -0.1) is 0 Å². The Morgan fingerprint density at radius 1 is 1.44 bits per heavy atom. The predicted molar refractivity (Wildman–Crippen MR) is 71.3 cm³/mol. The third-order valence-electron chi connectivity index (χ3n) is 3.79. The van der Waals surface area contributed by atoms with Crippen LogP contribution in [0.4, 0.5) is 4.39 Å². The molecular weight excluding hydrogens is 229 g/mol. The van der Waals surface area contributed by atoms with Gasteiger partial charge in [-0.2, -0.15) is 0 Å². The molecule has 1 aromatic rings. The molecule has 1 N–H and O–H groups in total. The Morgan fingerprint density at radius 3 is 2.94 bits per heavy atom. The van der Waals surface area contributed by atoms with E-state index in [2.05, 4.69) is 5.32 Å². The number of aryl methyl sites for hydroxylation is 1. The van der Waals surface area contributed by atoms with Gasteiger partial charge in [0.1, 0.15) is 5.82 Å². The van der Waals surface area contributed by atoms with E-state index in [9.17, 15) is 4.39 Å². The van der Waals surface area contributed by atoms with Gasteiger partial charge in [0.25, 0.3) is 0 Å². The molecule has 1 aliphatic heterocycles. The van der Waals surface area contributed by atoms with Crippen molar-refractivity contribution < 1.29 is 9.13 Å². The maximum absolute atomic E-state index is 13.3. The van der Waals surface area contributed by atoms with Crippen LogP contribution in [0.1, 0.15) is 30.4 Å². The molecule has 100 valence electrons. The molecule has 2 unspecified atom stereocenters. The molecule has 18 heavy (non-hydrogen) atoms. The predicted octanol–water partition coefficient (Wildman–Crippen LogP) is 2.83. The van der Waals surface area contributed by atoms with Crippen molar-refractivity contribution in [3.05, 3.63) is 35.1 Å². The summed E-state index contributed by atoms with van der Waals surface area (Å²) in [5.41, 5.74) is 2.22. The van der Waals surface area contributed by atoms with E-state index >= 15 is 0 Å². The number of rotatable bonds is 4. The second kappa shape index (κ2) is 6.30. The van der Waals surface area contributed by atoms with E-state index in [0.29, 0.717) is 0 Å². The van der Waals surface area contributed by atoms with E-state index in [4.69, 9.17) is 4.74 Å². The molecule has 1 heterocycles. The van der Waals surface area contributed by atoms with Crippen molar-refractivity contribution in [1.29, 1.82) is 0 Å². The van der Waals surface area contributed by atoms with Gasteiger partial charge < -0.3 is 10.1 Å². The minimum atomic E-state index is -0.157. The molecule has 0 aliphatic carbocycles. The molecule has 2 nitrogen and oxygen atoms in total. The van der Waals surface area contributed by atoms with Crippen molar-refractivity contribution in [2.45, 2.75) is 44.8 Å². The Labute approximate surface area is 109 Å². The Morgan fingerprint density at radius 2 is 2.28 bits per heavy atom. The van der Waals surface area contributed by atoms with Crippen molar-refractivity contribution in [3.8, 4) is 0 Å². The molecule has 2 rings (SSSR count). The molecule has 1 aliphatic rings. The van der Waals surface area contributed by atoms with Crippen LogP contribution in [0, 0.1) is 12.7 Å².